The fourth-order valence-corrected chi connectivity index (χ4v) is 3.12. The standard InChI is InChI=1S/C18H24N4O3/c1-12-17(13(2)25-21-12)18(23)22-8-9-24-15(11-22)5-4-14-6-7-20-16(10-14)19-3/h6-7,10,15H,4-5,8-9,11H2,1-3H3,(H,19,20). The van der Waals surface area contributed by atoms with Gasteiger partial charge in [0.2, 0.25) is 0 Å². The van der Waals surface area contributed by atoms with Crippen molar-refractivity contribution in [2.75, 3.05) is 32.1 Å². The van der Waals surface area contributed by atoms with Crippen molar-refractivity contribution in [3.8, 4) is 0 Å². The zero-order valence-corrected chi connectivity index (χ0v) is 14.9. The Bertz CT molecular complexity index is 724. The molecule has 0 saturated carbocycles. The van der Waals surface area contributed by atoms with Gasteiger partial charge in [-0.25, -0.2) is 4.98 Å². The molecule has 0 radical (unpaired) electrons. The topological polar surface area (TPSA) is 80.5 Å². The molecule has 1 aliphatic rings. The average molecular weight is 344 g/mol. The molecule has 3 heterocycles. The summed E-state index contributed by atoms with van der Waals surface area (Å²) in [5, 5.41) is 6.92. The van der Waals surface area contributed by atoms with E-state index in [2.05, 4.69) is 15.5 Å². The zero-order valence-electron chi connectivity index (χ0n) is 14.9. The smallest absolute Gasteiger partial charge is 0.259 e. The summed E-state index contributed by atoms with van der Waals surface area (Å²) < 4.78 is 11.0. The molecule has 7 nitrogen and oxygen atoms in total. The van der Waals surface area contributed by atoms with Crippen LogP contribution in [0.15, 0.2) is 22.9 Å². The third kappa shape index (κ3) is 3.99. The zero-order chi connectivity index (χ0) is 17.8. The first-order chi connectivity index (χ1) is 12.1. The maximum absolute atomic E-state index is 12.8. The van der Waals surface area contributed by atoms with Gasteiger partial charge in [-0.05, 0) is 44.4 Å². The number of nitrogens with zero attached hydrogens (tertiary/aromatic N) is 3. The molecule has 0 bridgehead atoms. The molecule has 7 heteroatoms. The van der Waals surface area contributed by atoms with Crippen LogP contribution in [0.5, 0.6) is 0 Å². The van der Waals surface area contributed by atoms with E-state index in [9.17, 15) is 4.79 Å². The van der Waals surface area contributed by atoms with Crippen molar-refractivity contribution >= 4 is 11.7 Å². The Hall–Kier alpha value is -2.41. The minimum absolute atomic E-state index is 0.0223. The number of anilines is 1. The first kappa shape index (κ1) is 17.4. The minimum atomic E-state index is -0.0223. The quantitative estimate of drug-likeness (QED) is 0.896. The van der Waals surface area contributed by atoms with Crippen LogP contribution in [0.2, 0.25) is 0 Å². The highest BCUT2D eigenvalue weighted by Gasteiger charge is 2.28. The summed E-state index contributed by atoms with van der Waals surface area (Å²) in [5.41, 5.74) is 2.42. The van der Waals surface area contributed by atoms with Crippen molar-refractivity contribution in [2.24, 2.45) is 0 Å². The van der Waals surface area contributed by atoms with Crippen LogP contribution in [-0.4, -0.2) is 53.8 Å². The normalized spacial score (nSPS) is 17.6. The van der Waals surface area contributed by atoms with Crippen LogP contribution in [0.1, 0.15) is 33.8 Å². The van der Waals surface area contributed by atoms with Gasteiger partial charge in [0.1, 0.15) is 17.1 Å². The molecule has 1 atom stereocenters. The van der Waals surface area contributed by atoms with E-state index in [0.29, 0.717) is 36.7 Å². The van der Waals surface area contributed by atoms with Crippen LogP contribution in [0.3, 0.4) is 0 Å². The Morgan fingerprint density at radius 3 is 3.00 bits per heavy atom. The maximum atomic E-state index is 12.8. The average Bonchev–Trinajstić information content (AvgIpc) is 2.98. The van der Waals surface area contributed by atoms with Crippen molar-refractivity contribution < 1.29 is 14.1 Å². The third-order valence-electron chi connectivity index (χ3n) is 4.51. The van der Waals surface area contributed by atoms with E-state index in [4.69, 9.17) is 9.26 Å². The summed E-state index contributed by atoms with van der Waals surface area (Å²) in [6.07, 6.45) is 3.58. The van der Waals surface area contributed by atoms with Gasteiger partial charge in [-0.2, -0.15) is 0 Å². The molecule has 1 aliphatic heterocycles. The van der Waals surface area contributed by atoms with Gasteiger partial charge in [0.05, 0.1) is 18.4 Å². The first-order valence-electron chi connectivity index (χ1n) is 8.55. The van der Waals surface area contributed by atoms with Crippen LogP contribution >= 0.6 is 0 Å². The predicted molar refractivity (Wildman–Crippen MR) is 93.7 cm³/mol. The lowest BCUT2D eigenvalue weighted by atomic mass is 10.1. The van der Waals surface area contributed by atoms with Gasteiger partial charge >= 0.3 is 0 Å². The molecule has 0 aromatic carbocycles. The molecule has 1 unspecified atom stereocenters. The number of rotatable bonds is 5. The van der Waals surface area contributed by atoms with Crippen LogP contribution in [-0.2, 0) is 11.2 Å². The van der Waals surface area contributed by atoms with Crippen LogP contribution in [0, 0.1) is 13.8 Å². The summed E-state index contributed by atoms with van der Waals surface area (Å²) in [7, 11) is 1.86. The van der Waals surface area contributed by atoms with Gasteiger partial charge in [0.25, 0.3) is 5.91 Å². The molecule has 0 spiro atoms. The van der Waals surface area contributed by atoms with Crippen molar-refractivity contribution in [1.82, 2.24) is 15.0 Å². The number of pyridine rings is 1. The van der Waals surface area contributed by atoms with E-state index in [1.807, 2.05) is 24.1 Å². The van der Waals surface area contributed by atoms with Crippen molar-refractivity contribution in [1.29, 1.82) is 0 Å². The number of aryl methyl sites for hydroxylation is 3. The molecular formula is C18H24N4O3. The second-order valence-electron chi connectivity index (χ2n) is 6.28. The lowest BCUT2D eigenvalue weighted by molar-refractivity contribution is -0.0246. The van der Waals surface area contributed by atoms with Crippen molar-refractivity contribution in [3.63, 3.8) is 0 Å². The molecule has 1 fully saturated rings. The van der Waals surface area contributed by atoms with Gasteiger partial charge in [-0.15, -0.1) is 0 Å². The highest BCUT2D eigenvalue weighted by atomic mass is 16.5. The van der Waals surface area contributed by atoms with Gasteiger partial charge < -0.3 is 19.5 Å². The van der Waals surface area contributed by atoms with E-state index in [1.165, 1.54) is 5.56 Å². The second kappa shape index (κ2) is 7.65. The monoisotopic (exact) mass is 344 g/mol. The molecule has 1 N–H and O–H groups in total. The Balaban J connectivity index is 1.60. The lowest BCUT2D eigenvalue weighted by Gasteiger charge is -2.33. The second-order valence-corrected chi connectivity index (χ2v) is 6.28. The van der Waals surface area contributed by atoms with Crippen LogP contribution in [0.25, 0.3) is 0 Å². The number of carbonyl (C=O) groups excluding carboxylic acids is 1. The number of morpholine rings is 1. The molecule has 134 valence electrons. The number of hydrogen-bond acceptors (Lipinski definition) is 6. The van der Waals surface area contributed by atoms with E-state index < -0.39 is 0 Å². The van der Waals surface area contributed by atoms with Gasteiger partial charge in [0.15, 0.2) is 0 Å². The largest absolute Gasteiger partial charge is 0.375 e. The number of ether oxygens (including phenoxy) is 1. The van der Waals surface area contributed by atoms with Gasteiger partial charge in [-0.3, -0.25) is 4.79 Å². The van der Waals surface area contributed by atoms with Crippen LogP contribution in [0.4, 0.5) is 5.82 Å². The Morgan fingerprint density at radius 2 is 2.28 bits per heavy atom. The molecule has 2 aromatic heterocycles. The minimum Gasteiger partial charge on any atom is -0.375 e. The predicted octanol–water partition coefficient (Wildman–Crippen LogP) is 2.20. The molecule has 25 heavy (non-hydrogen) atoms. The molecule has 0 aliphatic carbocycles. The fraction of sp³-hybridized carbons (Fsp3) is 0.500. The number of hydrogen-bond donors (Lipinski definition) is 1. The van der Waals surface area contributed by atoms with E-state index in [-0.39, 0.29) is 12.0 Å². The highest BCUT2D eigenvalue weighted by molar-refractivity contribution is 5.96. The summed E-state index contributed by atoms with van der Waals surface area (Å²) in [5.74, 6) is 1.41. The molecule has 1 saturated heterocycles. The van der Waals surface area contributed by atoms with E-state index in [1.54, 1.807) is 20.0 Å². The molecule has 1 amide bonds. The summed E-state index contributed by atoms with van der Waals surface area (Å²) in [4.78, 5) is 18.8. The maximum Gasteiger partial charge on any atom is 0.259 e. The van der Waals surface area contributed by atoms with Gasteiger partial charge in [0, 0.05) is 26.3 Å². The fourth-order valence-electron chi connectivity index (χ4n) is 3.12. The first-order valence-corrected chi connectivity index (χ1v) is 8.55. The number of aromatic nitrogens is 2. The Labute approximate surface area is 147 Å². The number of carbonyl (C=O) groups is 1. The number of amides is 1. The number of nitrogens with one attached hydrogen (secondary N) is 1. The summed E-state index contributed by atoms with van der Waals surface area (Å²) in [6, 6.07) is 4.05. The van der Waals surface area contributed by atoms with Crippen molar-refractivity contribution in [3.05, 3.63) is 40.9 Å². The molecular weight excluding hydrogens is 320 g/mol. The Morgan fingerprint density at radius 1 is 1.44 bits per heavy atom. The van der Waals surface area contributed by atoms with E-state index >= 15 is 0 Å². The highest BCUT2D eigenvalue weighted by Crippen LogP contribution is 2.19. The summed E-state index contributed by atoms with van der Waals surface area (Å²) in [6.45, 7) is 5.31. The SMILES string of the molecule is CNc1cc(CCC2CN(C(=O)c3c(C)noc3C)CCO2)ccn1. The third-order valence-corrected chi connectivity index (χ3v) is 4.51. The van der Waals surface area contributed by atoms with Crippen LogP contribution < -0.4 is 5.32 Å². The lowest BCUT2D eigenvalue weighted by Crippen LogP contribution is -2.46. The van der Waals surface area contributed by atoms with Crippen molar-refractivity contribution in [2.45, 2.75) is 32.8 Å². The van der Waals surface area contributed by atoms with Gasteiger partial charge in [-0.1, -0.05) is 5.16 Å². The van der Waals surface area contributed by atoms with E-state index in [0.717, 1.165) is 18.7 Å². The Kier molecular flexibility index (Phi) is 5.33. The summed E-state index contributed by atoms with van der Waals surface area (Å²) >= 11 is 0. The molecule has 2 aromatic rings. The molecule has 3 rings (SSSR count).